The van der Waals surface area contributed by atoms with Crippen LogP contribution in [-0.2, 0) is 27.1 Å². The normalized spacial score (nSPS) is 15.1. The molecule has 1 N–H and O–H groups in total. The second-order valence-corrected chi connectivity index (χ2v) is 7.88. The Morgan fingerprint density at radius 2 is 2.10 bits per heavy atom. The average Bonchev–Trinajstić information content (AvgIpc) is 3.09. The lowest BCUT2D eigenvalue weighted by Crippen LogP contribution is -2.25. The molecule has 0 saturated heterocycles. The number of nitriles is 1. The van der Waals surface area contributed by atoms with Crippen molar-refractivity contribution in [3.05, 3.63) is 51.9 Å². The first-order valence-electron chi connectivity index (χ1n) is 10.1. The molecule has 0 fully saturated rings. The molecule has 0 spiro atoms. The number of benzene rings is 1. The fourth-order valence-corrected chi connectivity index (χ4v) is 4.64. The number of carbonyl (C=O) groups excluding carboxylic acids is 2. The third-order valence-corrected chi connectivity index (χ3v) is 5.90. The Kier molecular flexibility index (Phi) is 7.68. The second-order valence-electron chi connectivity index (χ2n) is 6.78. The summed E-state index contributed by atoms with van der Waals surface area (Å²) < 4.78 is 15.7. The Morgan fingerprint density at radius 3 is 2.84 bits per heavy atom. The molecule has 0 bridgehead atoms. The Hall–Kier alpha value is -3.31. The van der Waals surface area contributed by atoms with E-state index in [1.807, 2.05) is 31.2 Å². The second kappa shape index (κ2) is 10.6. The van der Waals surface area contributed by atoms with E-state index in [1.54, 1.807) is 13.0 Å². The molecule has 8 heteroatoms. The molecule has 1 aliphatic carbocycles. The van der Waals surface area contributed by atoms with E-state index in [-0.39, 0.29) is 18.6 Å². The standard InChI is InChI=1S/C23H24N2O5S/c1-3-28-19-8-6-5-7-15(19)9-12-21(26)25-22-18(14-24)17-11-10-16(13-20(17)31-22)30-23(27)29-4-2/h5-9,12,16H,3-4,10-11,13H2,1-2H3,(H,25,26)/b12-9+. The van der Waals surface area contributed by atoms with Gasteiger partial charge in [-0.1, -0.05) is 18.2 Å². The van der Waals surface area contributed by atoms with Crippen LogP contribution in [0.5, 0.6) is 5.75 Å². The lowest BCUT2D eigenvalue weighted by molar-refractivity contribution is -0.111. The zero-order valence-electron chi connectivity index (χ0n) is 17.5. The van der Waals surface area contributed by atoms with Crippen molar-refractivity contribution in [2.24, 2.45) is 0 Å². The highest BCUT2D eigenvalue weighted by molar-refractivity contribution is 7.16. The van der Waals surface area contributed by atoms with Crippen molar-refractivity contribution in [1.29, 1.82) is 5.26 Å². The van der Waals surface area contributed by atoms with Crippen LogP contribution in [0.4, 0.5) is 9.80 Å². The molecule has 0 radical (unpaired) electrons. The summed E-state index contributed by atoms with van der Waals surface area (Å²) in [5.41, 5.74) is 2.19. The quantitative estimate of drug-likeness (QED) is 0.495. The molecular weight excluding hydrogens is 416 g/mol. The average molecular weight is 441 g/mol. The molecule has 0 aliphatic heterocycles. The zero-order chi connectivity index (χ0) is 22.2. The number of fused-ring (bicyclic) bond motifs is 1. The first-order valence-corrected chi connectivity index (χ1v) is 11.0. The minimum atomic E-state index is -0.681. The Bertz CT molecular complexity index is 1020. The smallest absolute Gasteiger partial charge is 0.493 e. The lowest BCUT2D eigenvalue weighted by Gasteiger charge is -2.21. The number of ether oxygens (including phenoxy) is 3. The van der Waals surface area contributed by atoms with Crippen molar-refractivity contribution < 1.29 is 23.8 Å². The van der Waals surface area contributed by atoms with Gasteiger partial charge in [-0.25, -0.2) is 4.79 Å². The molecule has 7 nitrogen and oxygen atoms in total. The third kappa shape index (κ3) is 5.64. The van der Waals surface area contributed by atoms with Crippen molar-refractivity contribution in [3.63, 3.8) is 0 Å². The fraction of sp³-hybridized carbons (Fsp3) is 0.348. The summed E-state index contributed by atoms with van der Waals surface area (Å²) in [5, 5.41) is 13.0. The van der Waals surface area contributed by atoms with Crippen molar-refractivity contribution in [2.75, 3.05) is 18.5 Å². The summed E-state index contributed by atoms with van der Waals surface area (Å²) in [5.74, 6) is 0.367. The molecule has 2 aromatic rings. The Labute approximate surface area is 185 Å². The molecule has 1 aromatic heterocycles. The van der Waals surface area contributed by atoms with Crippen molar-refractivity contribution in [2.45, 2.75) is 39.2 Å². The highest BCUT2D eigenvalue weighted by atomic mass is 32.1. The predicted octanol–water partition coefficient (Wildman–Crippen LogP) is 4.70. The van der Waals surface area contributed by atoms with Gasteiger partial charge in [0.1, 0.15) is 22.9 Å². The van der Waals surface area contributed by atoms with Crippen LogP contribution in [0.3, 0.4) is 0 Å². The largest absolute Gasteiger partial charge is 0.508 e. The first kappa shape index (κ1) is 22.4. The maximum Gasteiger partial charge on any atom is 0.508 e. The van der Waals surface area contributed by atoms with E-state index >= 15 is 0 Å². The summed E-state index contributed by atoms with van der Waals surface area (Å²) in [4.78, 5) is 25.0. The fourth-order valence-electron chi connectivity index (χ4n) is 3.37. The van der Waals surface area contributed by atoms with Gasteiger partial charge in [0, 0.05) is 22.9 Å². The molecule has 1 aromatic carbocycles. The number of hydrogen-bond donors (Lipinski definition) is 1. The summed E-state index contributed by atoms with van der Waals surface area (Å²) >= 11 is 1.35. The Morgan fingerprint density at radius 1 is 1.29 bits per heavy atom. The summed E-state index contributed by atoms with van der Waals surface area (Å²) in [6.45, 7) is 4.41. The number of nitrogens with one attached hydrogen (secondary N) is 1. The minimum absolute atomic E-state index is 0.257. The Balaban J connectivity index is 1.70. The van der Waals surface area contributed by atoms with Gasteiger partial charge in [-0.05, 0) is 44.4 Å². The van der Waals surface area contributed by atoms with Crippen molar-refractivity contribution >= 4 is 34.5 Å². The number of carbonyl (C=O) groups is 2. The summed E-state index contributed by atoms with van der Waals surface area (Å²) in [6.07, 6.45) is 3.84. The van der Waals surface area contributed by atoms with Crippen LogP contribution in [0.1, 0.15) is 41.8 Å². The van der Waals surface area contributed by atoms with Crippen LogP contribution < -0.4 is 10.1 Å². The number of anilines is 1. The molecule has 1 aliphatic rings. The van der Waals surface area contributed by atoms with E-state index in [9.17, 15) is 14.9 Å². The van der Waals surface area contributed by atoms with Gasteiger partial charge in [0.05, 0.1) is 18.8 Å². The molecule has 1 unspecified atom stereocenters. The highest BCUT2D eigenvalue weighted by Gasteiger charge is 2.28. The minimum Gasteiger partial charge on any atom is -0.493 e. The molecule has 0 saturated carbocycles. The monoisotopic (exact) mass is 440 g/mol. The number of hydrogen-bond acceptors (Lipinski definition) is 7. The van der Waals surface area contributed by atoms with Crippen LogP contribution in [-0.4, -0.2) is 31.4 Å². The molecule has 1 heterocycles. The number of thiophene rings is 1. The van der Waals surface area contributed by atoms with E-state index < -0.39 is 6.16 Å². The van der Waals surface area contributed by atoms with Gasteiger partial charge in [-0.3, -0.25) is 4.79 Å². The van der Waals surface area contributed by atoms with E-state index in [4.69, 9.17) is 14.2 Å². The molecular formula is C23H24N2O5S. The molecule has 1 atom stereocenters. The van der Waals surface area contributed by atoms with Gasteiger partial charge >= 0.3 is 6.16 Å². The van der Waals surface area contributed by atoms with Gasteiger partial charge in [-0.15, -0.1) is 11.3 Å². The number of amides is 1. The van der Waals surface area contributed by atoms with Gasteiger partial charge in [0.2, 0.25) is 5.91 Å². The SMILES string of the molecule is CCOC(=O)OC1CCc2c(sc(NC(=O)/C=C/c3ccccc3OCC)c2C#N)C1. The van der Waals surface area contributed by atoms with Crippen LogP contribution in [0.2, 0.25) is 0 Å². The maximum absolute atomic E-state index is 12.5. The van der Waals surface area contributed by atoms with Crippen LogP contribution in [0.25, 0.3) is 6.08 Å². The van der Waals surface area contributed by atoms with Crippen molar-refractivity contribution in [3.8, 4) is 11.8 Å². The highest BCUT2D eigenvalue weighted by Crippen LogP contribution is 2.38. The van der Waals surface area contributed by atoms with Gasteiger partial charge in [0.15, 0.2) is 0 Å². The topological polar surface area (TPSA) is 97.7 Å². The maximum atomic E-state index is 12.5. The molecule has 31 heavy (non-hydrogen) atoms. The molecule has 3 rings (SSSR count). The third-order valence-electron chi connectivity index (χ3n) is 4.73. The van der Waals surface area contributed by atoms with Crippen LogP contribution in [0.15, 0.2) is 30.3 Å². The summed E-state index contributed by atoms with van der Waals surface area (Å²) in [7, 11) is 0. The van der Waals surface area contributed by atoms with E-state index in [0.717, 1.165) is 16.0 Å². The van der Waals surface area contributed by atoms with Crippen LogP contribution in [0, 0.1) is 11.3 Å². The first-order chi connectivity index (χ1) is 15.0. The van der Waals surface area contributed by atoms with Crippen LogP contribution >= 0.6 is 11.3 Å². The van der Waals surface area contributed by atoms with E-state index in [2.05, 4.69) is 11.4 Å². The number of rotatable bonds is 7. The number of nitrogens with zero attached hydrogens (tertiary/aromatic N) is 1. The van der Waals surface area contributed by atoms with Gasteiger partial charge in [0.25, 0.3) is 0 Å². The van der Waals surface area contributed by atoms with Gasteiger partial charge < -0.3 is 19.5 Å². The summed E-state index contributed by atoms with van der Waals surface area (Å²) in [6, 6.07) is 9.65. The molecule has 1 amide bonds. The van der Waals surface area contributed by atoms with E-state index in [1.165, 1.54) is 17.4 Å². The van der Waals surface area contributed by atoms with E-state index in [0.29, 0.717) is 42.2 Å². The predicted molar refractivity (Wildman–Crippen MR) is 118 cm³/mol. The lowest BCUT2D eigenvalue weighted by atomic mass is 9.94. The van der Waals surface area contributed by atoms with Crippen molar-refractivity contribution in [1.82, 2.24) is 0 Å². The number of para-hydroxylation sites is 1. The molecule has 162 valence electrons. The zero-order valence-corrected chi connectivity index (χ0v) is 18.3. The van der Waals surface area contributed by atoms with Gasteiger partial charge in [-0.2, -0.15) is 5.26 Å².